The van der Waals surface area contributed by atoms with E-state index in [4.69, 9.17) is 18.9 Å². The molecule has 0 bridgehead atoms. The maximum absolute atomic E-state index is 14.2. The van der Waals surface area contributed by atoms with Crippen LogP contribution in [0.4, 0.5) is 0 Å². The van der Waals surface area contributed by atoms with Gasteiger partial charge in [-0.25, -0.2) is 0 Å². The fraction of sp³-hybridized carbons (Fsp3) is 0.100. The van der Waals surface area contributed by atoms with Crippen LogP contribution in [-0.2, 0) is 11.2 Å². The molecule has 0 N–H and O–H groups in total. The smallest absolute Gasteiger partial charge is 0.194 e. The number of methoxy groups -OCH3 is 2. The molecule has 0 radical (unpaired) electrons. The zero-order valence-electron chi connectivity index (χ0n) is 52.0. The molecule has 10 nitrogen and oxygen atoms in total. The Hall–Kier alpha value is -10.8. The van der Waals surface area contributed by atoms with Crippen LogP contribution in [0.25, 0.3) is 71.7 Å². The summed E-state index contributed by atoms with van der Waals surface area (Å²) in [5.74, 6) is 2.13. The molecule has 4 aliphatic rings. The summed E-state index contributed by atoms with van der Waals surface area (Å²) in [7, 11) is 3.28. The Morgan fingerprint density at radius 1 is 0.406 bits per heavy atom. The Balaban J connectivity index is 0.918. The molecule has 6 aromatic carbocycles. The largest absolute Gasteiger partial charge is 0.495 e. The van der Waals surface area contributed by atoms with Crippen LogP contribution in [0.1, 0.15) is 97.2 Å². The summed E-state index contributed by atoms with van der Waals surface area (Å²) >= 11 is 9.55. The summed E-state index contributed by atoms with van der Waals surface area (Å²) in [6, 6.07) is 65.0. The molecule has 2 aliphatic heterocycles. The number of ether oxygens (including phenoxy) is 4. The number of carbonyl (C=O) groups excluding carboxylic acids is 2. The summed E-state index contributed by atoms with van der Waals surface area (Å²) < 4.78 is 30.4. The average Bonchev–Trinajstić information content (AvgIpc) is 1.49. The molecule has 0 unspecified atom stereocenters. The van der Waals surface area contributed by atoms with Gasteiger partial charge in [-0.2, -0.15) is 21.0 Å². The van der Waals surface area contributed by atoms with E-state index in [1.165, 1.54) is 22.7 Å². The summed E-state index contributed by atoms with van der Waals surface area (Å²) in [5.41, 5.74) is 10.6. The Kier molecular flexibility index (Phi) is 14.4. The first-order valence-corrected chi connectivity index (χ1v) is 35.3. The van der Waals surface area contributed by atoms with E-state index in [-0.39, 0.29) is 33.9 Å². The molecule has 0 fully saturated rings. The number of benzene rings is 6. The summed E-state index contributed by atoms with van der Waals surface area (Å²) in [6.45, 7) is 8.33. The third-order valence-electron chi connectivity index (χ3n) is 18.2. The molecule has 12 aromatic rings. The van der Waals surface area contributed by atoms with E-state index in [1.807, 2.05) is 36.4 Å². The highest BCUT2D eigenvalue weighted by Crippen LogP contribution is 2.68. The van der Waals surface area contributed by atoms with Gasteiger partial charge in [0.05, 0.1) is 52.9 Å². The quantitative estimate of drug-likeness (QED) is 0.0950. The number of Topliss-reactive ketones (excluding diaryl/α,β-unsaturated/α-hetero) is 2. The number of fused-ring (bicyclic) bond motifs is 11. The first kappa shape index (κ1) is 60.2. The van der Waals surface area contributed by atoms with Gasteiger partial charge in [0.2, 0.25) is 0 Å². The van der Waals surface area contributed by atoms with E-state index in [0.29, 0.717) is 54.7 Å². The van der Waals surface area contributed by atoms with Crippen LogP contribution >= 0.6 is 68.0 Å². The maximum atomic E-state index is 14.2. The first-order chi connectivity index (χ1) is 46.7. The highest BCUT2D eigenvalue weighted by Gasteiger charge is 2.52. The van der Waals surface area contributed by atoms with Crippen molar-refractivity contribution in [3.8, 4) is 86.3 Å². The molecule has 16 heteroatoms. The van der Waals surface area contributed by atoms with Crippen molar-refractivity contribution in [3.63, 3.8) is 0 Å². The van der Waals surface area contributed by atoms with E-state index in [0.717, 1.165) is 116 Å². The predicted octanol–water partition coefficient (Wildman–Crippen LogP) is 20.7. The number of carbonyl (C=O) groups is 2. The van der Waals surface area contributed by atoms with Crippen LogP contribution in [-0.4, -0.2) is 25.8 Å². The lowest BCUT2D eigenvalue weighted by Gasteiger charge is -2.39. The normalized spacial score (nSPS) is 15.1. The predicted molar refractivity (Wildman–Crippen MR) is 386 cm³/mol. The molecular formula is C80H48N4O6S6. The molecular weight excluding hydrogens is 1310 g/mol. The SMILES string of the molecule is COc1cc(/C=C2\C(=O)c3ccccc3C2=C(C#N)C#N)sc1-c1cc2c(s1)-c1sc3c4c(sc3c1OC2(c1ccc(C)cc1)c1ccc(C)cc1)-c1sc(-c2sc(/C=C3\C(=O)c5ccccc5C3=C(C#N)C#N)cc2OC)cc1C(c1ccc(C)cc1)(c1ccc(C)cc1)O4. The van der Waals surface area contributed by atoms with Crippen molar-refractivity contribution in [1.82, 2.24) is 0 Å². The van der Waals surface area contributed by atoms with Crippen LogP contribution in [0.3, 0.4) is 0 Å². The van der Waals surface area contributed by atoms with Crippen molar-refractivity contribution >= 4 is 112 Å². The number of aryl methyl sites for hydroxylation is 4. The van der Waals surface area contributed by atoms with Crippen molar-refractivity contribution in [2.45, 2.75) is 38.9 Å². The number of ketones is 2. The number of thiophene rings is 6. The third kappa shape index (κ3) is 9.06. The lowest BCUT2D eigenvalue weighted by atomic mass is 9.78. The molecule has 16 rings (SSSR count). The van der Waals surface area contributed by atoms with Crippen LogP contribution in [0.5, 0.6) is 23.0 Å². The van der Waals surface area contributed by atoms with E-state index in [1.54, 1.807) is 120 Å². The van der Waals surface area contributed by atoms with Crippen LogP contribution in [0.15, 0.2) is 192 Å². The van der Waals surface area contributed by atoms with Crippen LogP contribution in [0, 0.1) is 73.0 Å². The monoisotopic (exact) mass is 1350 g/mol. The molecule has 0 saturated carbocycles. The topological polar surface area (TPSA) is 166 Å². The molecule has 0 saturated heterocycles. The lowest BCUT2D eigenvalue weighted by Crippen LogP contribution is -2.37. The molecule has 8 heterocycles. The van der Waals surface area contributed by atoms with E-state index < -0.39 is 11.2 Å². The van der Waals surface area contributed by atoms with Crippen molar-refractivity contribution in [1.29, 1.82) is 21.0 Å². The van der Waals surface area contributed by atoms with Crippen molar-refractivity contribution in [2.75, 3.05) is 14.2 Å². The van der Waals surface area contributed by atoms with E-state index in [2.05, 4.69) is 137 Å². The summed E-state index contributed by atoms with van der Waals surface area (Å²) in [5, 5.41) is 40.7. The molecule has 0 spiro atoms. The average molecular weight is 1350 g/mol. The van der Waals surface area contributed by atoms with Gasteiger partial charge in [-0.15, -0.1) is 68.0 Å². The first-order valence-electron chi connectivity index (χ1n) is 30.4. The van der Waals surface area contributed by atoms with Crippen molar-refractivity contribution in [3.05, 3.63) is 280 Å². The van der Waals surface area contributed by atoms with Gasteiger partial charge in [-0.3, -0.25) is 9.59 Å². The maximum Gasteiger partial charge on any atom is 0.194 e. The summed E-state index contributed by atoms with van der Waals surface area (Å²) in [6.07, 6.45) is 3.55. The number of rotatable bonds is 10. The Labute approximate surface area is 576 Å². The van der Waals surface area contributed by atoms with Gasteiger partial charge in [0.1, 0.15) is 46.9 Å². The van der Waals surface area contributed by atoms with Gasteiger partial charge in [-0.05, 0) is 75.2 Å². The third-order valence-corrected chi connectivity index (χ3v) is 25.7. The van der Waals surface area contributed by atoms with Gasteiger partial charge in [0.25, 0.3) is 0 Å². The van der Waals surface area contributed by atoms with E-state index in [9.17, 15) is 30.6 Å². The second kappa shape index (κ2) is 23.0. The van der Waals surface area contributed by atoms with E-state index >= 15 is 0 Å². The number of allylic oxidation sites excluding steroid dienone is 6. The van der Waals surface area contributed by atoms with Crippen LogP contribution < -0.4 is 18.9 Å². The number of hydrogen-bond donors (Lipinski definition) is 0. The van der Waals surface area contributed by atoms with Gasteiger partial charge in [0.15, 0.2) is 34.3 Å². The number of hydrogen-bond acceptors (Lipinski definition) is 16. The second-order valence-corrected chi connectivity index (χ2v) is 30.1. The minimum Gasteiger partial charge on any atom is -0.495 e. The molecule has 6 aromatic heterocycles. The van der Waals surface area contributed by atoms with Crippen LogP contribution in [0.2, 0.25) is 0 Å². The fourth-order valence-electron chi connectivity index (χ4n) is 13.6. The lowest BCUT2D eigenvalue weighted by molar-refractivity contribution is 0.103. The zero-order valence-corrected chi connectivity index (χ0v) is 56.9. The van der Waals surface area contributed by atoms with Crippen molar-refractivity contribution in [2.24, 2.45) is 0 Å². The Morgan fingerprint density at radius 3 is 1.04 bits per heavy atom. The fourth-order valence-corrected chi connectivity index (χ4v) is 21.2. The molecule has 0 amide bonds. The molecule has 460 valence electrons. The Morgan fingerprint density at radius 2 is 0.729 bits per heavy atom. The number of nitriles is 4. The van der Waals surface area contributed by atoms with Gasteiger partial charge < -0.3 is 18.9 Å². The summed E-state index contributed by atoms with van der Waals surface area (Å²) in [4.78, 5) is 37.3. The van der Waals surface area contributed by atoms with Crippen molar-refractivity contribution < 1.29 is 28.5 Å². The highest BCUT2D eigenvalue weighted by atomic mass is 32.1. The molecule has 0 atom stereocenters. The van der Waals surface area contributed by atoms with Gasteiger partial charge >= 0.3 is 0 Å². The van der Waals surface area contributed by atoms with Gasteiger partial charge in [0, 0.05) is 86.3 Å². The Bertz CT molecular complexity index is 5220. The second-order valence-electron chi connectivity index (χ2n) is 23.8. The standard InChI is InChI=1S/C80H48N4O6S6/c1-41-15-23-47(24-16-41)79(48-25-17-42(2)18-26-48)59-35-63(73-61(87-5)33-51(91-73)31-57-65(45(37-81)38-82)53-11-7-9-13-55(53)67(57)85)93-71(59)75-69(89-79)77-78(95-75)70-76(96-77)72-60(80(90-70,49-27-19-43(3)20-28-49)50-29-21-44(4)22-30-50)36-64(94-72)74-62(88-6)34-52(92-74)32-58-66(46(39-83)40-84)54-12-8-10-14-56(54)68(58)86/h7-36H,1-6H3/b57-31-,58-32-. The zero-order chi connectivity index (χ0) is 66.1. The molecule has 96 heavy (non-hydrogen) atoms. The minimum absolute atomic E-state index is 0.134. The minimum atomic E-state index is -1.19. The van der Waals surface area contributed by atoms with Gasteiger partial charge in [-0.1, -0.05) is 168 Å². The number of nitrogens with zero attached hydrogens (tertiary/aromatic N) is 4. The molecule has 2 aliphatic carbocycles. The highest BCUT2D eigenvalue weighted by molar-refractivity contribution is 7.36.